The van der Waals surface area contributed by atoms with Crippen LogP contribution in [0.2, 0.25) is 0 Å². The highest BCUT2D eigenvalue weighted by atomic mass is 16.5. The van der Waals surface area contributed by atoms with Gasteiger partial charge in [-0.15, -0.1) is 0 Å². The number of benzene rings is 2. The second kappa shape index (κ2) is 6.71. The number of fused-ring (bicyclic) bond motifs is 1. The van der Waals surface area contributed by atoms with Gasteiger partial charge in [0.05, 0.1) is 0 Å². The van der Waals surface area contributed by atoms with Gasteiger partial charge in [0.1, 0.15) is 11.3 Å². The van der Waals surface area contributed by atoms with Gasteiger partial charge in [-0.05, 0) is 43.5 Å². The average Bonchev–Trinajstić information content (AvgIpc) is 2.57. The van der Waals surface area contributed by atoms with E-state index in [2.05, 4.69) is 0 Å². The lowest BCUT2D eigenvalue weighted by molar-refractivity contribution is -0.134. The maximum Gasteiger partial charge on any atom is 0.336 e. The maximum atomic E-state index is 12.1. The lowest BCUT2D eigenvalue weighted by Gasteiger charge is -2.10. The molecule has 0 amide bonds. The molecule has 0 aliphatic rings. The SMILES string of the molecule is Cc1cc(=O)oc2c(C)c(OC(=O)CCc3ccccc3)ccc12. The minimum atomic E-state index is -0.407. The third-order valence-corrected chi connectivity index (χ3v) is 4.00. The Morgan fingerprint density at radius 2 is 1.83 bits per heavy atom. The molecule has 0 bridgehead atoms. The largest absolute Gasteiger partial charge is 0.426 e. The summed E-state index contributed by atoms with van der Waals surface area (Å²) in [7, 11) is 0. The predicted octanol–water partition coefficient (Wildman–Crippen LogP) is 3.95. The van der Waals surface area contributed by atoms with Crippen LogP contribution in [0.4, 0.5) is 0 Å². The Bertz CT molecular complexity index is 939. The first-order valence-corrected chi connectivity index (χ1v) is 7.83. The monoisotopic (exact) mass is 322 g/mol. The molecule has 4 heteroatoms. The third-order valence-electron chi connectivity index (χ3n) is 4.00. The van der Waals surface area contributed by atoms with Gasteiger partial charge in [-0.1, -0.05) is 30.3 Å². The first kappa shape index (κ1) is 16.0. The maximum absolute atomic E-state index is 12.1. The fourth-order valence-electron chi connectivity index (χ4n) is 2.68. The van der Waals surface area contributed by atoms with Crippen molar-refractivity contribution >= 4 is 16.9 Å². The van der Waals surface area contributed by atoms with Gasteiger partial charge in [0.25, 0.3) is 0 Å². The Balaban J connectivity index is 1.79. The number of rotatable bonds is 4. The summed E-state index contributed by atoms with van der Waals surface area (Å²) in [6.07, 6.45) is 0.916. The predicted molar refractivity (Wildman–Crippen MR) is 92.4 cm³/mol. The quantitative estimate of drug-likeness (QED) is 0.415. The number of ether oxygens (including phenoxy) is 1. The fourth-order valence-corrected chi connectivity index (χ4v) is 2.68. The van der Waals surface area contributed by atoms with E-state index in [1.54, 1.807) is 19.1 Å². The molecule has 0 saturated heterocycles. The van der Waals surface area contributed by atoms with E-state index < -0.39 is 5.63 Å². The van der Waals surface area contributed by atoms with E-state index in [0.717, 1.165) is 16.5 Å². The third kappa shape index (κ3) is 3.38. The zero-order valence-corrected chi connectivity index (χ0v) is 13.7. The van der Waals surface area contributed by atoms with Crippen molar-refractivity contribution in [1.29, 1.82) is 0 Å². The van der Waals surface area contributed by atoms with E-state index in [1.807, 2.05) is 37.3 Å². The van der Waals surface area contributed by atoms with E-state index in [-0.39, 0.29) is 5.97 Å². The summed E-state index contributed by atoms with van der Waals surface area (Å²) in [5.74, 6) is 0.116. The molecule has 0 aliphatic carbocycles. The van der Waals surface area contributed by atoms with E-state index in [4.69, 9.17) is 9.15 Å². The van der Waals surface area contributed by atoms with Crippen LogP contribution >= 0.6 is 0 Å². The molecule has 0 fully saturated rings. The summed E-state index contributed by atoms with van der Waals surface area (Å²) in [5, 5.41) is 0.844. The average molecular weight is 322 g/mol. The molecule has 1 aromatic heterocycles. The van der Waals surface area contributed by atoms with Crippen molar-refractivity contribution in [2.45, 2.75) is 26.7 Å². The van der Waals surface area contributed by atoms with Gasteiger partial charge >= 0.3 is 11.6 Å². The molecule has 4 nitrogen and oxygen atoms in total. The van der Waals surface area contributed by atoms with Crippen LogP contribution in [0, 0.1) is 13.8 Å². The van der Waals surface area contributed by atoms with Crippen molar-refractivity contribution in [2.75, 3.05) is 0 Å². The van der Waals surface area contributed by atoms with Gasteiger partial charge in [0.2, 0.25) is 0 Å². The molecular formula is C20H18O4. The summed E-state index contributed by atoms with van der Waals surface area (Å²) in [4.78, 5) is 23.7. The summed E-state index contributed by atoms with van der Waals surface area (Å²) >= 11 is 0. The summed E-state index contributed by atoms with van der Waals surface area (Å²) < 4.78 is 10.7. The van der Waals surface area contributed by atoms with Gasteiger partial charge in [-0.2, -0.15) is 0 Å². The number of hydrogen-bond acceptors (Lipinski definition) is 4. The Morgan fingerprint density at radius 1 is 1.08 bits per heavy atom. The molecule has 0 atom stereocenters. The second-order valence-electron chi connectivity index (χ2n) is 5.77. The van der Waals surface area contributed by atoms with Crippen LogP contribution in [0.25, 0.3) is 11.0 Å². The highest BCUT2D eigenvalue weighted by Crippen LogP contribution is 2.28. The molecule has 2 aromatic carbocycles. The Labute approximate surface area is 139 Å². The molecular weight excluding hydrogens is 304 g/mol. The van der Waals surface area contributed by atoms with Gasteiger partial charge in [0, 0.05) is 23.4 Å². The van der Waals surface area contributed by atoms with Crippen molar-refractivity contribution in [3.05, 3.63) is 75.6 Å². The lowest BCUT2D eigenvalue weighted by atomic mass is 10.1. The van der Waals surface area contributed by atoms with Crippen LogP contribution in [-0.2, 0) is 11.2 Å². The second-order valence-corrected chi connectivity index (χ2v) is 5.77. The van der Waals surface area contributed by atoms with Crippen molar-refractivity contribution in [3.63, 3.8) is 0 Å². The zero-order chi connectivity index (χ0) is 17.1. The molecule has 0 radical (unpaired) electrons. The summed E-state index contributed by atoms with van der Waals surface area (Å²) in [6, 6.07) is 14.8. The van der Waals surface area contributed by atoms with Gasteiger partial charge < -0.3 is 9.15 Å². The number of hydrogen-bond donors (Lipinski definition) is 0. The van der Waals surface area contributed by atoms with E-state index in [1.165, 1.54) is 6.07 Å². The Kier molecular flexibility index (Phi) is 4.47. The van der Waals surface area contributed by atoms with E-state index in [0.29, 0.717) is 29.7 Å². The van der Waals surface area contributed by atoms with Crippen molar-refractivity contribution < 1.29 is 13.9 Å². The number of aryl methyl sites for hydroxylation is 3. The van der Waals surface area contributed by atoms with Crippen LogP contribution in [0.15, 0.2) is 57.7 Å². The zero-order valence-electron chi connectivity index (χ0n) is 13.7. The molecule has 122 valence electrons. The molecule has 0 N–H and O–H groups in total. The molecule has 24 heavy (non-hydrogen) atoms. The molecule has 0 saturated carbocycles. The van der Waals surface area contributed by atoms with E-state index >= 15 is 0 Å². The topological polar surface area (TPSA) is 56.5 Å². The minimum absolute atomic E-state index is 0.291. The van der Waals surface area contributed by atoms with E-state index in [9.17, 15) is 9.59 Å². The smallest absolute Gasteiger partial charge is 0.336 e. The highest BCUT2D eigenvalue weighted by molar-refractivity contribution is 5.86. The van der Waals surface area contributed by atoms with Crippen LogP contribution in [-0.4, -0.2) is 5.97 Å². The van der Waals surface area contributed by atoms with Gasteiger partial charge in [-0.3, -0.25) is 4.79 Å². The fraction of sp³-hybridized carbons (Fsp3) is 0.200. The van der Waals surface area contributed by atoms with Gasteiger partial charge in [-0.25, -0.2) is 4.79 Å². The highest BCUT2D eigenvalue weighted by Gasteiger charge is 2.13. The lowest BCUT2D eigenvalue weighted by Crippen LogP contribution is -2.10. The number of esters is 1. The van der Waals surface area contributed by atoms with Crippen molar-refractivity contribution in [2.24, 2.45) is 0 Å². The molecule has 3 aromatic rings. The van der Waals surface area contributed by atoms with Crippen LogP contribution < -0.4 is 10.4 Å². The van der Waals surface area contributed by atoms with Crippen LogP contribution in [0.3, 0.4) is 0 Å². The van der Waals surface area contributed by atoms with Crippen molar-refractivity contribution in [3.8, 4) is 5.75 Å². The number of carbonyl (C=O) groups is 1. The normalized spacial score (nSPS) is 10.8. The first-order valence-electron chi connectivity index (χ1n) is 7.83. The Hall–Kier alpha value is -2.88. The standard InChI is InChI=1S/C20H18O4/c1-13-12-19(22)24-20-14(2)17(10-9-16(13)20)23-18(21)11-8-15-6-4-3-5-7-15/h3-7,9-10,12H,8,11H2,1-2H3. The Morgan fingerprint density at radius 3 is 2.58 bits per heavy atom. The minimum Gasteiger partial charge on any atom is -0.426 e. The van der Waals surface area contributed by atoms with Crippen LogP contribution in [0.1, 0.15) is 23.1 Å². The molecule has 0 spiro atoms. The number of carbonyl (C=O) groups excluding carboxylic acids is 1. The molecule has 1 heterocycles. The molecule has 0 aliphatic heterocycles. The molecule has 0 unspecified atom stereocenters. The van der Waals surface area contributed by atoms with Gasteiger partial charge in [0.15, 0.2) is 0 Å². The first-order chi connectivity index (χ1) is 11.5. The van der Waals surface area contributed by atoms with Crippen molar-refractivity contribution in [1.82, 2.24) is 0 Å². The summed E-state index contributed by atoms with van der Waals surface area (Å²) in [6.45, 7) is 3.63. The summed E-state index contributed by atoms with van der Waals surface area (Å²) in [5.41, 5.74) is 2.64. The molecule has 3 rings (SSSR count). The van der Waals surface area contributed by atoms with Crippen LogP contribution in [0.5, 0.6) is 5.75 Å².